The van der Waals surface area contributed by atoms with Crippen molar-refractivity contribution in [3.63, 3.8) is 0 Å². The largest absolute Gasteiger partial charge is 0.326 e. The molecule has 0 spiro atoms. The summed E-state index contributed by atoms with van der Waals surface area (Å²) in [6.45, 7) is 5.96. The fraction of sp³-hybridized carbons (Fsp3) is 0.560. The number of piperidine rings is 1. The fourth-order valence-electron chi connectivity index (χ4n) is 5.12. The van der Waals surface area contributed by atoms with E-state index in [4.69, 9.17) is 0 Å². The lowest BCUT2D eigenvalue weighted by molar-refractivity contribution is -0.119. The number of nitrogens with one attached hydrogen (secondary N) is 1. The second-order valence-corrected chi connectivity index (χ2v) is 9.31. The number of carbonyl (C=O) groups excluding carboxylic acids is 1. The van der Waals surface area contributed by atoms with Crippen molar-refractivity contribution >= 4 is 11.6 Å². The lowest BCUT2D eigenvalue weighted by Crippen LogP contribution is -2.41. The minimum Gasteiger partial charge on any atom is -0.326 e. The van der Waals surface area contributed by atoms with Gasteiger partial charge in [-0.1, -0.05) is 6.92 Å². The predicted molar refractivity (Wildman–Crippen MR) is 124 cm³/mol. The molecule has 0 radical (unpaired) electrons. The number of nitrogens with zero attached hydrogens (tertiary/aromatic N) is 4. The first-order chi connectivity index (χ1) is 15.5. The highest BCUT2D eigenvalue weighted by Gasteiger charge is 2.39. The Labute approximate surface area is 190 Å². The highest BCUT2D eigenvalue weighted by atomic mass is 19.1. The number of aryl methyl sites for hydroxylation is 1. The van der Waals surface area contributed by atoms with E-state index in [-0.39, 0.29) is 17.6 Å². The molecular formula is C25H34FN5O. The molecular weight excluding hydrogens is 405 g/mol. The number of carbonyl (C=O) groups is 1. The van der Waals surface area contributed by atoms with Crippen LogP contribution in [0.5, 0.6) is 0 Å². The van der Waals surface area contributed by atoms with Gasteiger partial charge >= 0.3 is 0 Å². The average Bonchev–Trinajstić information content (AvgIpc) is 3.19. The van der Waals surface area contributed by atoms with Crippen LogP contribution >= 0.6 is 0 Å². The Morgan fingerprint density at radius 1 is 1.16 bits per heavy atom. The highest BCUT2D eigenvalue weighted by Crippen LogP contribution is 2.33. The van der Waals surface area contributed by atoms with Gasteiger partial charge in [-0.25, -0.2) is 14.4 Å². The van der Waals surface area contributed by atoms with E-state index in [1.807, 2.05) is 12.4 Å². The van der Waals surface area contributed by atoms with Crippen LogP contribution in [0.1, 0.15) is 44.0 Å². The third kappa shape index (κ3) is 5.70. The third-order valence-electron chi connectivity index (χ3n) is 6.90. The van der Waals surface area contributed by atoms with Crippen LogP contribution in [0.4, 0.5) is 10.1 Å². The van der Waals surface area contributed by atoms with Gasteiger partial charge in [0.15, 0.2) is 0 Å². The van der Waals surface area contributed by atoms with Gasteiger partial charge in [-0.05, 0) is 76.0 Å². The first-order valence-electron chi connectivity index (χ1n) is 11.8. The average molecular weight is 440 g/mol. The lowest BCUT2D eigenvalue weighted by atomic mass is 9.86. The number of rotatable bonds is 7. The van der Waals surface area contributed by atoms with Gasteiger partial charge in [0, 0.05) is 49.2 Å². The Hall–Kier alpha value is -2.38. The summed E-state index contributed by atoms with van der Waals surface area (Å²) in [5.74, 6) is 1.26. The first-order valence-corrected chi connectivity index (χ1v) is 11.8. The summed E-state index contributed by atoms with van der Waals surface area (Å²) in [4.78, 5) is 26.5. The van der Waals surface area contributed by atoms with Crippen molar-refractivity contribution in [1.82, 2.24) is 19.8 Å². The van der Waals surface area contributed by atoms with Crippen molar-refractivity contribution in [2.24, 2.45) is 11.8 Å². The predicted octanol–water partition coefficient (Wildman–Crippen LogP) is 3.74. The lowest BCUT2D eigenvalue weighted by Gasteiger charge is -2.37. The van der Waals surface area contributed by atoms with Crippen molar-refractivity contribution in [3.8, 4) is 0 Å². The summed E-state index contributed by atoms with van der Waals surface area (Å²) in [5, 5.41) is 2.95. The number of likely N-dealkylation sites (tertiary alicyclic amines) is 2. The fourth-order valence-corrected chi connectivity index (χ4v) is 5.12. The van der Waals surface area contributed by atoms with Gasteiger partial charge in [-0.3, -0.25) is 9.69 Å². The van der Waals surface area contributed by atoms with Gasteiger partial charge in [0.2, 0.25) is 5.91 Å². The van der Waals surface area contributed by atoms with Crippen molar-refractivity contribution in [2.45, 2.75) is 51.6 Å². The number of aromatic nitrogens is 2. The number of hydrogen-bond acceptors (Lipinski definition) is 5. The number of anilines is 1. The molecule has 3 heterocycles. The molecule has 0 saturated carbocycles. The molecule has 172 valence electrons. The highest BCUT2D eigenvalue weighted by molar-refractivity contribution is 5.92. The topological polar surface area (TPSA) is 61.4 Å². The van der Waals surface area contributed by atoms with Crippen LogP contribution in [-0.4, -0.2) is 58.4 Å². The second kappa shape index (κ2) is 10.5. The summed E-state index contributed by atoms with van der Waals surface area (Å²) >= 11 is 0. The number of amides is 1. The van der Waals surface area contributed by atoms with Gasteiger partial charge in [-0.2, -0.15) is 0 Å². The maximum atomic E-state index is 13.1. The Morgan fingerprint density at radius 3 is 2.50 bits per heavy atom. The molecule has 2 atom stereocenters. The molecule has 1 aromatic heterocycles. The minimum atomic E-state index is -0.295. The van der Waals surface area contributed by atoms with Gasteiger partial charge in [0.05, 0.1) is 5.92 Å². The van der Waals surface area contributed by atoms with E-state index in [0.29, 0.717) is 17.6 Å². The smallest absolute Gasteiger partial charge is 0.228 e. The molecule has 2 aromatic rings. The normalized spacial score (nSPS) is 22.8. The van der Waals surface area contributed by atoms with Crippen LogP contribution in [0.25, 0.3) is 0 Å². The Morgan fingerprint density at radius 2 is 1.84 bits per heavy atom. The Kier molecular flexibility index (Phi) is 7.48. The molecule has 0 unspecified atom stereocenters. The summed E-state index contributed by atoms with van der Waals surface area (Å²) in [6, 6.07) is 6.41. The minimum absolute atomic E-state index is 0.0214. The van der Waals surface area contributed by atoms with Crippen LogP contribution < -0.4 is 5.32 Å². The first kappa shape index (κ1) is 22.8. The van der Waals surface area contributed by atoms with Gasteiger partial charge in [0.25, 0.3) is 0 Å². The summed E-state index contributed by atoms with van der Waals surface area (Å²) < 4.78 is 13.1. The molecule has 2 aliphatic heterocycles. The monoisotopic (exact) mass is 439 g/mol. The molecule has 1 amide bonds. The molecule has 1 N–H and O–H groups in total. The molecule has 0 bridgehead atoms. The van der Waals surface area contributed by atoms with E-state index in [9.17, 15) is 9.18 Å². The summed E-state index contributed by atoms with van der Waals surface area (Å²) in [5.41, 5.74) is 1.83. The third-order valence-corrected chi connectivity index (χ3v) is 6.90. The second-order valence-electron chi connectivity index (χ2n) is 9.31. The molecule has 2 aliphatic rings. The molecule has 0 aliphatic carbocycles. The van der Waals surface area contributed by atoms with E-state index < -0.39 is 0 Å². The van der Waals surface area contributed by atoms with Crippen molar-refractivity contribution in [3.05, 3.63) is 53.9 Å². The Balaban J connectivity index is 1.25. The molecule has 1 aromatic carbocycles. The maximum Gasteiger partial charge on any atom is 0.228 e. The summed E-state index contributed by atoms with van der Waals surface area (Å²) in [7, 11) is 2.14. The maximum absolute atomic E-state index is 13.1. The van der Waals surface area contributed by atoms with Gasteiger partial charge < -0.3 is 10.2 Å². The van der Waals surface area contributed by atoms with E-state index in [1.165, 1.54) is 17.7 Å². The molecule has 7 heteroatoms. The van der Waals surface area contributed by atoms with Crippen LogP contribution in [0.3, 0.4) is 0 Å². The van der Waals surface area contributed by atoms with E-state index in [0.717, 1.165) is 64.1 Å². The molecule has 4 rings (SSSR count). The van der Waals surface area contributed by atoms with Crippen LogP contribution in [-0.2, 0) is 17.8 Å². The zero-order valence-electron chi connectivity index (χ0n) is 19.1. The van der Waals surface area contributed by atoms with Crippen LogP contribution in [0, 0.1) is 17.7 Å². The number of hydrogen-bond donors (Lipinski definition) is 1. The van der Waals surface area contributed by atoms with Crippen molar-refractivity contribution in [1.29, 1.82) is 0 Å². The number of benzene rings is 1. The molecule has 32 heavy (non-hydrogen) atoms. The van der Waals surface area contributed by atoms with E-state index in [1.54, 1.807) is 12.1 Å². The van der Waals surface area contributed by atoms with Crippen LogP contribution in [0.2, 0.25) is 0 Å². The molecule has 2 saturated heterocycles. The van der Waals surface area contributed by atoms with Gasteiger partial charge in [-0.15, -0.1) is 0 Å². The van der Waals surface area contributed by atoms with Crippen molar-refractivity contribution < 1.29 is 9.18 Å². The standard InChI is InChI=1S/C25H34FN5O/c1-3-4-24-27-14-18(15-28-24)16-31-11-9-19(10-12-31)23-13-20(17-30(23)2)25(32)29-22-7-5-21(26)6-8-22/h5-8,14-15,19-20,23H,3-4,9-13,16-17H2,1-2H3,(H,29,32)/t20-,23-/m0/s1. The zero-order chi connectivity index (χ0) is 22.5. The molecule has 2 fully saturated rings. The quantitative estimate of drug-likeness (QED) is 0.712. The number of halogens is 1. The Bertz CT molecular complexity index is 880. The van der Waals surface area contributed by atoms with Gasteiger partial charge in [0.1, 0.15) is 11.6 Å². The SMILES string of the molecule is CCCc1ncc(CN2CCC([C@@H]3C[C@H](C(=O)Nc4ccc(F)cc4)CN3C)CC2)cn1. The van der Waals surface area contributed by atoms with E-state index >= 15 is 0 Å². The van der Waals surface area contributed by atoms with E-state index in [2.05, 4.69) is 39.1 Å². The summed E-state index contributed by atoms with van der Waals surface area (Å²) in [6.07, 6.45) is 9.13. The molecule has 6 nitrogen and oxygen atoms in total. The zero-order valence-corrected chi connectivity index (χ0v) is 19.1. The van der Waals surface area contributed by atoms with Crippen LogP contribution in [0.15, 0.2) is 36.7 Å². The van der Waals surface area contributed by atoms with Crippen molar-refractivity contribution in [2.75, 3.05) is 32.0 Å².